The SMILES string of the molecule is COC(C)(C)CC(=O)NCC#N. The highest BCUT2D eigenvalue weighted by atomic mass is 16.5. The Balaban J connectivity index is 3.78. The number of nitrogens with one attached hydrogen (secondary N) is 1. The Morgan fingerprint density at radius 3 is 2.67 bits per heavy atom. The number of methoxy groups -OCH3 is 1. The summed E-state index contributed by atoms with van der Waals surface area (Å²) in [7, 11) is 1.55. The fraction of sp³-hybridized carbons (Fsp3) is 0.750. The first-order chi connectivity index (χ1) is 5.52. The molecular weight excluding hydrogens is 156 g/mol. The molecule has 1 amide bonds. The van der Waals surface area contributed by atoms with Gasteiger partial charge >= 0.3 is 0 Å². The summed E-state index contributed by atoms with van der Waals surface area (Å²) in [6.45, 7) is 3.69. The van der Waals surface area contributed by atoms with Crippen LogP contribution in [0.25, 0.3) is 0 Å². The van der Waals surface area contributed by atoms with Crippen LogP contribution in [0.1, 0.15) is 20.3 Å². The Labute approximate surface area is 72.5 Å². The average Bonchev–Trinajstić information content (AvgIpc) is 2.00. The molecule has 0 aromatic heterocycles. The molecule has 0 aliphatic rings. The fourth-order valence-corrected chi connectivity index (χ4v) is 0.659. The van der Waals surface area contributed by atoms with E-state index in [0.29, 0.717) is 0 Å². The number of carbonyl (C=O) groups is 1. The lowest BCUT2D eigenvalue weighted by molar-refractivity contribution is -0.125. The second kappa shape index (κ2) is 4.73. The highest BCUT2D eigenvalue weighted by Crippen LogP contribution is 2.11. The van der Waals surface area contributed by atoms with Gasteiger partial charge in [0, 0.05) is 7.11 Å². The molecule has 0 aliphatic heterocycles. The van der Waals surface area contributed by atoms with Crippen molar-refractivity contribution < 1.29 is 9.53 Å². The van der Waals surface area contributed by atoms with E-state index < -0.39 is 5.60 Å². The summed E-state index contributed by atoms with van der Waals surface area (Å²) in [5.41, 5.74) is -0.459. The lowest BCUT2D eigenvalue weighted by Gasteiger charge is -2.21. The van der Waals surface area contributed by atoms with Gasteiger partial charge < -0.3 is 10.1 Å². The zero-order chi connectivity index (χ0) is 9.61. The van der Waals surface area contributed by atoms with Crippen LogP contribution in [-0.4, -0.2) is 25.2 Å². The van der Waals surface area contributed by atoms with Crippen LogP contribution in [0.5, 0.6) is 0 Å². The molecule has 0 atom stereocenters. The van der Waals surface area contributed by atoms with Crippen LogP contribution in [0.3, 0.4) is 0 Å². The standard InChI is InChI=1S/C8H14N2O2/c1-8(2,12-3)6-7(11)10-5-4-9/h5-6H2,1-3H3,(H,10,11). The Hall–Kier alpha value is -1.08. The van der Waals surface area contributed by atoms with Gasteiger partial charge in [0.25, 0.3) is 0 Å². The molecule has 0 spiro atoms. The van der Waals surface area contributed by atoms with Gasteiger partial charge in [-0.05, 0) is 13.8 Å². The Morgan fingerprint density at radius 2 is 2.25 bits per heavy atom. The van der Waals surface area contributed by atoms with Crippen molar-refractivity contribution in [3.8, 4) is 6.07 Å². The number of hydrogen-bond acceptors (Lipinski definition) is 3. The van der Waals surface area contributed by atoms with E-state index in [1.165, 1.54) is 0 Å². The lowest BCUT2D eigenvalue weighted by Crippen LogP contribution is -2.33. The molecule has 0 aliphatic carbocycles. The molecule has 0 aromatic carbocycles. The normalized spacial score (nSPS) is 10.5. The second-order valence-corrected chi connectivity index (χ2v) is 3.08. The van der Waals surface area contributed by atoms with Crippen molar-refractivity contribution >= 4 is 5.91 Å². The largest absolute Gasteiger partial charge is 0.378 e. The maximum atomic E-state index is 11.0. The summed E-state index contributed by atoms with van der Waals surface area (Å²) in [5.74, 6) is -0.164. The van der Waals surface area contributed by atoms with E-state index in [1.807, 2.05) is 19.9 Å². The molecule has 0 saturated heterocycles. The smallest absolute Gasteiger partial charge is 0.223 e. The molecule has 4 nitrogen and oxygen atoms in total. The summed E-state index contributed by atoms with van der Waals surface area (Å²) >= 11 is 0. The molecule has 0 unspecified atom stereocenters. The minimum atomic E-state index is -0.459. The van der Waals surface area contributed by atoms with Crippen molar-refractivity contribution in [2.24, 2.45) is 0 Å². The number of ether oxygens (including phenoxy) is 1. The van der Waals surface area contributed by atoms with Crippen molar-refractivity contribution in [1.29, 1.82) is 5.26 Å². The topological polar surface area (TPSA) is 62.1 Å². The van der Waals surface area contributed by atoms with Crippen LogP contribution in [-0.2, 0) is 9.53 Å². The first kappa shape index (κ1) is 10.9. The first-order valence-electron chi connectivity index (χ1n) is 3.70. The van der Waals surface area contributed by atoms with Crippen LogP contribution in [0.15, 0.2) is 0 Å². The Bertz CT molecular complexity index is 194. The van der Waals surface area contributed by atoms with Crippen molar-refractivity contribution in [2.45, 2.75) is 25.9 Å². The predicted molar refractivity (Wildman–Crippen MR) is 44.3 cm³/mol. The number of amides is 1. The van der Waals surface area contributed by atoms with Crippen molar-refractivity contribution in [2.75, 3.05) is 13.7 Å². The maximum Gasteiger partial charge on any atom is 0.223 e. The van der Waals surface area contributed by atoms with Gasteiger partial charge in [-0.25, -0.2) is 0 Å². The van der Waals surface area contributed by atoms with Gasteiger partial charge in [0.1, 0.15) is 6.54 Å². The number of carbonyl (C=O) groups excluding carboxylic acids is 1. The molecule has 0 rings (SSSR count). The van der Waals surface area contributed by atoms with E-state index in [1.54, 1.807) is 7.11 Å². The molecular formula is C8H14N2O2. The maximum absolute atomic E-state index is 11.0. The highest BCUT2D eigenvalue weighted by molar-refractivity contribution is 5.77. The van der Waals surface area contributed by atoms with Crippen LogP contribution in [0.4, 0.5) is 0 Å². The van der Waals surface area contributed by atoms with Crippen LogP contribution >= 0.6 is 0 Å². The van der Waals surface area contributed by atoms with Gasteiger partial charge in [0.05, 0.1) is 18.1 Å². The van der Waals surface area contributed by atoms with Crippen LogP contribution in [0.2, 0.25) is 0 Å². The first-order valence-corrected chi connectivity index (χ1v) is 3.70. The second-order valence-electron chi connectivity index (χ2n) is 3.08. The van der Waals surface area contributed by atoms with Gasteiger partial charge in [-0.3, -0.25) is 4.79 Å². The molecule has 0 fully saturated rings. The molecule has 0 radical (unpaired) electrons. The summed E-state index contributed by atoms with van der Waals surface area (Å²) in [6.07, 6.45) is 0.269. The monoisotopic (exact) mass is 170 g/mol. The number of hydrogen-bond donors (Lipinski definition) is 1. The molecule has 12 heavy (non-hydrogen) atoms. The molecule has 0 aromatic rings. The van der Waals surface area contributed by atoms with Crippen LogP contribution in [0, 0.1) is 11.3 Å². The number of rotatable bonds is 4. The molecule has 0 saturated carbocycles. The Kier molecular flexibility index (Phi) is 4.30. The van der Waals surface area contributed by atoms with Crippen molar-refractivity contribution in [3.05, 3.63) is 0 Å². The van der Waals surface area contributed by atoms with Gasteiger partial charge in [-0.2, -0.15) is 5.26 Å². The van der Waals surface area contributed by atoms with Crippen molar-refractivity contribution in [1.82, 2.24) is 5.32 Å². The van der Waals surface area contributed by atoms with Gasteiger partial charge in [-0.15, -0.1) is 0 Å². The third-order valence-electron chi connectivity index (χ3n) is 1.50. The van der Waals surface area contributed by atoms with E-state index in [0.717, 1.165) is 0 Å². The number of nitriles is 1. The fourth-order valence-electron chi connectivity index (χ4n) is 0.659. The molecule has 1 N–H and O–H groups in total. The van der Waals surface area contributed by atoms with Crippen LogP contribution < -0.4 is 5.32 Å². The quantitative estimate of drug-likeness (QED) is 0.623. The summed E-state index contributed by atoms with van der Waals surface area (Å²) in [6, 6.07) is 1.83. The van der Waals surface area contributed by atoms with E-state index in [4.69, 9.17) is 10.00 Å². The molecule has 4 heteroatoms. The molecule has 0 heterocycles. The lowest BCUT2D eigenvalue weighted by atomic mass is 10.1. The van der Waals surface area contributed by atoms with Crippen molar-refractivity contribution in [3.63, 3.8) is 0 Å². The van der Waals surface area contributed by atoms with Gasteiger partial charge in [0.2, 0.25) is 5.91 Å². The molecule has 0 bridgehead atoms. The Morgan fingerprint density at radius 1 is 1.67 bits per heavy atom. The van der Waals surface area contributed by atoms with E-state index in [-0.39, 0.29) is 18.9 Å². The zero-order valence-electron chi connectivity index (χ0n) is 7.68. The minimum absolute atomic E-state index is 0.0542. The summed E-state index contributed by atoms with van der Waals surface area (Å²) in [5, 5.41) is 10.6. The minimum Gasteiger partial charge on any atom is -0.378 e. The highest BCUT2D eigenvalue weighted by Gasteiger charge is 2.20. The summed E-state index contributed by atoms with van der Waals surface area (Å²) < 4.78 is 5.04. The third kappa shape index (κ3) is 4.69. The zero-order valence-corrected chi connectivity index (χ0v) is 7.68. The van der Waals surface area contributed by atoms with E-state index >= 15 is 0 Å². The molecule has 68 valence electrons. The summed E-state index contributed by atoms with van der Waals surface area (Å²) in [4.78, 5) is 11.0. The van der Waals surface area contributed by atoms with E-state index in [9.17, 15) is 4.79 Å². The third-order valence-corrected chi connectivity index (χ3v) is 1.50. The van der Waals surface area contributed by atoms with E-state index in [2.05, 4.69) is 5.32 Å². The predicted octanol–water partition coefficient (Wildman–Crippen LogP) is 0.441. The van der Waals surface area contributed by atoms with Gasteiger partial charge in [-0.1, -0.05) is 0 Å². The van der Waals surface area contributed by atoms with Gasteiger partial charge in [0.15, 0.2) is 0 Å². The number of nitrogens with zero attached hydrogens (tertiary/aromatic N) is 1. The average molecular weight is 170 g/mol.